The lowest BCUT2D eigenvalue weighted by Gasteiger charge is -2.41. The number of morpholine rings is 1. The van der Waals surface area contributed by atoms with Crippen molar-refractivity contribution in [3.63, 3.8) is 0 Å². The Hall–Kier alpha value is -2.12. The number of aliphatic imine (C=N–C) groups is 1. The Morgan fingerprint density at radius 1 is 1.20 bits per heavy atom. The van der Waals surface area contributed by atoms with E-state index < -0.39 is 0 Å². The normalized spacial score (nSPS) is 21.2. The van der Waals surface area contributed by atoms with Crippen molar-refractivity contribution >= 4 is 11.9 Å². The lowest BCUT2D eigenvalue weighted by Crippen LogP contribution is -2.56. The number of guanidine groups is 1. The molecule has 1 aromatic rings. The van der Waals surface area contributed by atoms with Crippen LogP contribution >= 0.6 is 0 Å². The third-order valence-electron chi connectivity index (χ3n) is 6.15. The standard InChI is InChI=1S/C23H37N5O2/c1-23(2,28-11-13-30-14-12-28)18-26-22(24-3)25-16-20-15-21(29)27(17-20)10-9-19-7-5-4-6-8-19/h4-8,20H,9-18H2,1-3H3,(H2,24,25,26). The van der Waals surface area contributed by atoms with Gasteiger partial charge in [0.05, 0.1) is 13.2 Å². The molecule has 0 aromatic heterocycles. The molecule has 0 bridgehead atoms. The zero-order valence-corrected chi connectivity index (χ0v) is 18.7. The smallest absolute Gasteiger partial charge is 0.223 e. The molecule has 2 fully saturated rings. The number of carbonyl (C=O) groups excluding carboxylic acids is 1. The highest BCUT2D eigenvalue weighted by molar-refractivity contribution is 5.81. The van der Waals surface area contributed by atoms with Gasteiger partial charge in [0.25, 0.3) is 0 Å². The molecule has 3 rings (SSSR count). The minimum Gasteiger partial charge on any atom is -0.379 e. The molecule has 30 heavy (non-hydrogen) atoms. The Balaban J connectivity index is 1.40. The van der Waals surface area contributed by atoms with Crippen molar-refractivity contribution in [2.24, 2.45) is 10.9 Å². The van der Waals surface area contributed by atoms with Crippen LogP contribution in [0, 0.1) is 5.92 Å². The van der Waals surface area contributed by atoms with Crippen molar-refractivity contribution in [2.45, 2.75) is 32.2 Å². The number of hydrogen-bond acceptors (Lipinski definition) is 4. The van der Waals surface area contributed by atoms with E-state index in [9.17, 15) is 4.79 Å². The Labute approximate surface area is 180 Å². The van der Waals surface area contributed by atoms with Gasteiger partial charge in [0.1, 0.15) is 0 Å². The molecule has 7 nitrogen and oxygen atoms in total. The molecule has 1 unspecified atom stereocenters. The fourth-order valence-electron chi connectivity index (χ4n) is 4.16. The molecule has 166 valence electrons. The molecule has 0 saturated carbocycles. The monoisotopic (exact) mass is 415 g/mol. The number of rotatable bonds is 8. The molecule has 2 N–H and O–H groups in total. The highest BCUT2D eigenvalue weighted by Crippen LogP contribution is 2.18. The van der Waals surface area contributed by atoms with E-state index in [1.807, 2.05) is 23.1 Å². The van der Waals surface area contributed by atoms with Crippen molar-refractivity contribution in [1.29, 1.82) is 0 Å². The quantitative estimate of drug-likeness (QED) is 0.496. The highest BCUT2D eigenvalue weighted by atomic mass is 16.5. The largest absolute Gasteiger partial charge is 0.379 e. The van der Waals surface area contributed by atoms with E-state index >= 15 is 0 Å². The van der Waals surface area contributed by atoms with Crippen LogP contribution in [0.15, 0.2) is 35.3 Å². The molecule has 2 saturated heterocycles. The summed E-state index contributed by atoms with van der Waals surface area (Å²) in [7, 11) is 1.79. The second kappa shape index (κ2) is 10.8. The molecule has 2 aliphatic rings. The molecular formula is C23H37N5O2. The highest BCUT2D eigenvalue weighted by Gasteiger charge is 2.30. The first kappa shape index (κ1) is 22.6. The molecule has 0 radical (unpaired) electrons. The van der Waals surface area contributed by atoms with E-state index in [2.05, 4.69) is 46.5 Å². The van der Waals surface area contributed by atoms with E-state index in [4.69, 9.17) is 4.74 Å². The summed E-state index contributed by atoms with van der Waals surface area (Å²) in [4.78, 5) is 21.2. The van der Waals surface area contributed by atoms with Crippen LogP contribution in [0.1, 0.15) is 25.8 Å². The number of carbonyl (C=O) groups is 1. The van der Waals surface area contributed by atoms with Crippen LogP contribution in [-0.4, -0.2) is 86.7 Å². The Morgan fingerprint density at radius 3 is 2.63 bits per heavy atom. The van der Waals surface area contributed by atoms with Crippen LogP contribution in [0.25, 0.3) is 0 Å². The van der Waals surface area contributed by atoms with Gasteiger partial charge in [-0.3, -0.25) is 14.7 Å². The van der Waals surface area contributed by atoms with Gasteiger partial charge in [0.15, 0.2) is 5.96 Å². The van der Waals surface area contributed by atoms with Gasteiger partial charge in [-0.2, -0.15) is 0 Å². The van der Waals surface area contributed by atoms with Crippen molar-refractivity contribution in [2.75, 3.05) is 59.5 Å². The van der Waals surface area contributed by atoms with Crippen LogP contribution < -0.4 is 10.6 Å². The van der Waals surface area contributed by atoms with Crippen LogP contribution in [0.3, 0.4) is 0 Å². The van der Waals surface area contributed by atoms with Gasteiger partial charge in [-0.1, -0.05) is 30.3 Å². The first-order valence-electron chi connectivity index (χ1n) is 11.1. The first-order valence-corrected chi connectivity index (χ1v) is 11.1. The van der Waals surface area contributed by atoms with E-state index in [0.29, 0.717) is 12.3 Å². The Kier molecular flexibility index (Phi) is 8.10. The number of hydrogen-bond donors (Lipinski definition) is 2. The molecular weight excluding hydrogens is 378 g/mol. The zero-order valence-electron chi connectivity index (χ0n) is 18.7. The topological polar surface area (TPSA) is 69.2 Å². The summed E-state index contributed by atoms with van der Waals surface area (Å²) < 4.78 is 5.47. The Bertz CT molecular complexity index is 701. The molecule has 0 aliphatic carbocycles. The minimum absolute atomic E-state index is 0.0267. The summed E-state index contributed by atoms with van der Waals surface area (Å²) in [5.41, 5.74) is 1.30. The molecule has 7 heteroatoms. The number of likely N-dealkylation sites (tertiary alicyclic amines) is 1. The van der Waals surface area contributed by atoms with Crippen molar-refractivity contribution < 1.29 is 9.53 Å². The third kappa shape index (κ3) is 6.44. The van der Waals surface area contributed by atoms with Gasteiger partial charge in [-0.15, -0.1) is 0 Å². The molecule has 1 aromatic carbocycles. The fourth-order valence-corrected chi connectivity index (χ4v) is 4.16. The van der Waals surface area contributed by atoms with Crippen LogP contribution in [-0.2, 0) is 16.0 Å². The summed E-state index contributed by atoms with van der Waals surface area (Å²) in [5.74, 6) is 1.37. The molecule has 2 aliphatic heterocycles. The van der Waals surface area contributed by atoms with E-state index in [1.54, 1.807) is 7.05 Å². The Morgan fingerprint density at radius 2 is 1.93 bits per heavy atom. The second-order valence-electron chi connectivity index (χ2n) is 8.86. The van der Waals surface area contributed by atoms with Crippen LogP contribution in [0.5, 0.6) is 0 Å². The molecule has 1 atom stereocenters. The van der Waals surface area contributed by atoms with E-state index in [-0.39, 0.29) is 11.4 Å². The van der Waals surface area contributed by atoms with Gasteiger partial charge in [-0.05, 0) is 25.8 Å². The van der Waals surface area contributed by atoms with Gasteiger partial charge >= 0.3 is 0 Å². The maximum atomic E-state index is 12.4. The lowest BCUT2D eigenvalue weighted by atomic mass is 10.0. The van der Waals surface area contributed by atoms with Crippen molar-refractivity contribution in [1.82, 2.24) is 20.4 Å². The predicted molar refractivity (Wildman–Crippen MR) is 121 cm³/mol. The summed E-state index contributed by atoms with van der Waals surface area (Å²) in [6, 6.07) is 10.4. The number of nitrogens with one attached hydrogen (secondary N) is 2. The van der Waals surface area contributed by atoms with Crippen LogP contribution in [0.4, 0.5) is 0 Å². The number of amides is 1. The summed E-state index contributed by atoms with van der Waals surface area (Å²) >= 11 is 0. The SMILES string of the molecule is CN=C(NCC1CC(=O)N(CCc2ccccc2)C1)NCC(C)(C)N1CCOCC1. The third-order valence-corrected chi connectivity index (χ3v) is 6.15. The average molecular weight is 416 g/mol. The second-order valence-corrected chi connectivity index (χ2v) is 8.86. The molecule has 2 heterocycles. The summed E-state index contributed by atoms with van der Waals surface area (Å²) in [6.45, 7) is 11.2. The fraction of sp³-hybridized carbons (Fsp3) is 0.652. The number of benzene rings is 1. The predicted octanol–water partition coefficient (Wildman–Crippen LogP) is 1.35. The van der Waals surface area contributed by atoms with Gasteiger partial charge in [0, 0.05) is 64.2 Å². The van der Waals surface area contributed by atoms with E-state index in [0.717, 1.165) is 64.9 Å². The van der Waals surface area contributed by atoms with Gasteiger partial charge in [0.2, 0.25) is 5.91 Å². The zero-order chi connectivity index (χ0) is 21.4. The maximum Gasteiger partial charge on any atom is 0.223 e. The lowest BCUT2D eigenvalue weighted by molar-refractivity contribution is -0.127. The number of ether oxygens (including phenoxy) is 1. The average Bonchev–Trinajstić information content (AvgIpc) is 3.13. The summed E-state index contributed by atoms with van der Waals surface area (Å²) in [6.07, 6.45) is 1.52. The van der Waals surface area contributed by atoms with Crippen LogP contribution in [0.2, 0.25) is 0 Å². The molecule has 0 spiro atoms. The maximum absolute atomic E-state index is 12.4. The molecule has 1 amide bonds. The minimum atomic E-state index is 0.0267. The summed E-state index contributed by atoms with van der Waals surface area (Å²) in [5, 5.41) is 6.88. The van der Waals surface area contributed by atoms with Crippen molar-refractivity contribution in [3.8, 4) is 0 Å². The van der Waals surface area contributed by atoms with Gasteiger partial charge in [-0.25, -0.2) is 0 Å². The van der Waals surface area contributed by atoms with Gasteiger partial charge < -0.3 is 20.3 Å². The first-order chi connectivity index (χ1) is 14.5. The van der Waals surface area contributed by atoms with E-state index in [1.165, 1.54) is 5.56 Å². The number of nitrogens with zero attached hydrogens (tertiary/aromatic N) is 3. The van der Waals surface area contributed by atoms with Crippen molar-refractivity contribution in [3.05, 3.63) is 35.9 Å².